The lowest BCUT2D eigenvalue weighted by Crippen LogP contribution is -2.20. The van der Waals surface area contributed by atoms with Crippen molar-refractivity contribution in [2.75, 3.05) is 11.4 Å². The number of ether oxygens (including phenoxy) is 1. The molecule has 2 aromatic carbocycles. The molecule has 2 N–H and O–H groups in total. The Balaban J connectivity index is 1.44. The molecule has 146 valence electrons. The molecule has 7 nitrogen and oxygen atoms in total. The second kappa shape index (κ2) is 7.29. The van der Waals surface area contributed by atoms with Crippen LogP contribution in [-0.4, -0.2) is 24.5 Å². The quantitative estimate of drug-likeness (QED) is 0.687. The molecule has 0 spiro atoms. The van der Waals surface area contributed by atoms with Crippen LogP contribution in [0.2, 0.25) is 0 Å². The first kappa shape index (κ1) is 18.5. The van der Waals surface area contributed by atoms with E-state index in [1.807, 2.05) is 48.1 Å². The third-order valence-corrected chi connectivity index (χ3v) is 5.87. The summed E-state index contributed by atoms with van der Waals surface area (Å²) in [7, 11) is -1.77. The fourth-order valence-electron chi connectivity index (χ4n) is 3.36. The van der Waals surface area contributed by atoms with Crippen molar-refractivity contribution in [3.05, 3.63) is 71.8 Å². The number of fused-ring (bicyclic) bond motifs is 1. The number of imidazole rings is 1. The number of primary sulfonamides is 1. The zero-order valence-corrected chi connectivity index (χ0v) is 16.4. The molecule has 1 aliphatic rings. The summed E-state index contributed by atoms with van der Waals surface area (Å²) < 4.78 is 31.0. The molecule has 0 bridgehead atoms. The second-order valence-corrected chi connectivity index (χ2v) is 8.46. The molecule has 0 fully saturated rings. The summed E-state index contributed by atoms with van der Waals surface area (Å²) in [6, 6.07) is 13.0. The predicted molar refractivity (Wildman–Crippen MR) is 107 cm³/mol. The molecule has 0 radical (unpaired) electrons. The number of benzene rings is 2. The number of hydrogen-bond acceptors (Lipinski definition) is 5. The van der Waals surface area contributed by atoms with Crippen molar-refractivity contribution in [1.29, 1.82) is 0 Å². The van der Waals surface area contributed by atoms with E-state index in [9.17, 15) is 8.42 Å². The van der Waals surface area contributed by atoms with Crippen LogP contribution in [0, 0.1) is 0 Å². The van der Waals surface area contributed by atoms with Crippen molar-refractivity contribution >= 4 is 15.7 Å². The Labute approximate surface area is 164 Å². The highest BCUT2D eigenvalue weighted by atomic mass is 32.2. The van der Waals surface area contributed by atoms with E-state index in [0.29, 0.717) is 13.2 Å². The minimum Gasteiger partial charge on any atom is -0.486 e. The van der Waals surface area contributed by atoms with E-state index in [4.69, 9.17) is 9.88 Å². The van der Waals surface area contributed by atoms with Gasteiger partial charge in [0, 0.05) is 38.2 Å². The van der Waals surface area contributed by atoms with Gasteiger partial charge in [-0.15, -0.1) is 0 Å². The Bertz CT molecular complexity index is 1090. The number of nitrogens with zero attached hydrogens (tertiary/aromatic N) is 3. The Morgan fingerprint density at radius 1 is 1.18 bits per heavy atom. The number of hydrogen-bond donors (Lipinski definition) is 1. The van der Waals surface area contributed by atoms with Gasteiger partial charge in [-0.25, -0.2) is 18.5 Å². The molecule has 8 heteroatoms. The number of rotatable bonds is 6. The first-order valence-corrected chi connectivity index (χ1v) is 10.5. The Kier molecular flexibility index (Phi) is 4.82. The van der Waals surface area contributed by atoms with Gasteiger partial charge in [0.25, 0.3) is 0 Å². The van der Waals surface area contributed by atoms with Crippen LogP contribution >= 0.6 is 0 Å². The largest absolute Gasteiger partial charge is 0.486 e. The van der Waals surface area contributed by atoms with E-state index in [1.54, 1.807) is 18.3 Å². The van der Waals surface area contributed by atoms with E-state index < -0.39 is 10.0 Å². The Morgan fingerprint density at radius 2 is 1.96 bits per heavy atom. The molecular weight excluding hydrogens is 376 g/mol. The molecule has 28 heavy (non-hydrogen) atoms. The van der Waals surface area contributed by atoms with Crippen molar-refractivity contribution in [3.63, 3.8) is 0 Å². The van der Waals surface area contributed by atoms with Crippen LogP contribution < -0.4 is 14.8 Å². The van der Waals surface area contributed by atoms with Crippen molar-refractivity contribution in [2.24, 2.45) is 12.2 Å². The number of anilines is 1. The molecule has 2 heterocycles. The maximum Gasteiger partial charge on any atom is 0.238 e. The molecule has 0 saturated carbocycles. The van der Waals surface area contributed by atoms with Gasteiger partial charge in [0.1, 0.15) is 18.2 Å². The van der Waals surface area contributed by atoms with E-state index in [0.717, 1.165) is 41.4 Å². The van der Waals surface area contributed by atoms with Gasteiger partial charge in [-0.1, -0.05) is 18.2 Å². The van der Waals surface area contributed by atoms with Crippen LogP contribution in [0.4, 0.5) is 5.69 Å². The second-order valence-electron chi connectivity index (χ2n) is 6.89. The molecular formula is C20H22N4O3S. The van der Waals surface area contributed by atoms with Crippen LogP contribution in [0.25, 0.3) is 0 Å². The summed E-state index contributed by atoms with van der Waals surface area (Å²) in [5, 5.41) is 5.27. The molecule has 0 atom stereocenters. The van der Waals surface area contributed by atoms with Gasteiger partial charge < -0.3 is 14.2 Å². The molecule has 1 aromatic heterocycles. The average molecular weight is 398 g/mol. The summed E-state index contributed by atoms with van der Waals surface area (Å²) in [4.78, 5) is 6.57. The van der Waals surface area contributed by atoms with Gasteiger partial charge >= 0.3 is 0 Å². The number of sulfonamides is 1. The molecule has 1 aliphatic heterocycles. The fraction of sp³-hybridized carbons (Fsp3) is 0.250. The summed E-state index contributed by atoms with van der Waals surface area (Å²) in [6.45, 7) is 1.96. The van der Waals surface area contributed by atoms with Gasteiger partial charge in [0.05, 0.1) is 4.90 Å². The Morgan fingerprint density at radius 3 is 2.64 bits per heavy atom. The molecule has 0 unspecified atom stereocenters. The maximum absolute atomic E-state index is 11.6. The highest BCUT2D eigenvalue weighted by molar-refractivity contribution is 7.89. The topological polar surface area (TPSA) is 90.4 Å². The first-order chi connectivity index (χ1) is 13.4. The van der Waals surface area contributed by atoms with E-state index in [2.05, 4.69) is 9.88 Å². The highest BCUT2D eigenvalue weighted by Crippen LogP contribution is 2.31. The fourth-order valence-corrected chi connectivity index (χ4v) is 3.90. The van der Waals surface area contributed by atoms with Crippen molar-refractivity contribution in [1.82, 2.24) is 9.55 Å². The monoisotopic (exact) mass is 398 g/mol. The van der Waals surface area contributed by atoms with E-state index >= 15 is 0 Å². The molecule has 0 saturated heterocycles. The van der Waals surface area contributed by atoms with E-state index in [-0.39, 0.29) is 4.90 Å². The van der Waals surface area contributed by atoms with Gasteiger partial charge in [-0.2, -0.15) is 0 Å². The minimum atomic E-state index is -3.70. The lowest BCUT2D eigenvalue weighted by Gasteiger charge is -2.20. The van der Waals surface area contributed by atoms with Crippen molar-refractivity contribution in [2.45, 2.75) is 24.5 Å². The normalized spacial score (nSPS) is 13.6. The first-order valence-electron chi connectivity index (χ1n) is 8.99. The SMILES string of the molecule is Cn1ccnc1COc1ccc(CN2CCc3ccc(S(N)(=O)=O)cc32)cc1. The zero-order valence-electron chi connectivity index (χ0n) is 15.6. The molecule has 0 aliphatic carbocycles. The van der Waals surface area contributed by atoms with Gasteiger partial charge in [0.2, 0.25) is 10.0 Å². The summed E-state index contributed by atoms with van der Waals surface area (Å²) >= 11 is 0. The summed E-state index contributed by atoms with van der Waals surface area (Å²) in [5.74, 6) is 1.65. The lowest BCUT2D eigenvalue weighted by molar-refractivity contribution is 0.291. The van der Waals surface area contributed by atoms with Crippen LogP contribution in [0.3, 0.4) is 0 Å². The minimum absolute atomic E-state index is 0.149. The number of aromatic nitrogens is 2. The summed E-state index contributed by atoms with van der Waals surface area (Å²) in [5.41, 5.74) is 3.20. The van der Waals surface area contributed by atoms with Gasteiger partial charge in [0.15, 0.2) is 0 Å². The average Bonchev–Trinajstić information content (AvgIpc) is 3.26. The highest BCUT2D eigenvalue weighted by Gasteiger charge is 2.21. The third-order valence-electron chi connectivity index (χ3n) is 4.96. The van der Waals surface area contributed by atoms with E-state index in [1.165, 1.54) is 0 Å². The molecule has 4 rings (SSSR count). The van der Waals surface area contributed by atoms with Gasteiger partial charge in [-0.05, 0) is 41.8 Å². The molecule has 3 aromatic rings. The third kappa shape index (κ3) is 3.88. The predicted octanol–water partition coefficient (Wildman–Crippen LogP) is 2.21. The number of aryl methyl sites for hydroxylation is 1. The maximum atomic E-state index is 11.6. The van der Waals surface area contributed by atoms with Gasteiger partial charge in [-0.3, -0.25) is 0 Å². The van der Waals surface area contributed by atoms with Crippen LogP contribution in [0.5, 0.6) is 5.75 Å². The van der Waals surface area contributed by atoms with Crippen LogP contribution in [-0.2, 0) is 36.6 Å². The smallest absolute Gasteiger partial charge is 0.238 e. The standard InChI is InChI=1S/C20H22N4O3S/c1-23-11-9-22-20(23)14-27-17-5-2-15(3-6-17)13-24-10-8-16-4-7-18(12-19(16)24)28(21,25)26/h2-7,9,11-12H,8,10,13-14H2,1H3,(H2,21,25,26). The van der Waals surface area contributed by atoms with Crippen LogP contribution in [0.15, 0.2) is 59.8 Å². The summed E-state index contributed by atoms with van der Waals surface area (Å²) in [6.07, 6.45) is 4.53. The zero-order chi connectivity index (χ0) is 19.7. The van der Waals surface area contributed by atoms with Crippen LogP contribution in [0.1, 0.15) is 17.0 Å². The molecule has 0 amide bonds. The number of nitrogens with two attached hydrogens (primary N) is 1. The Hall–Kier alpha value is -2.84. The lowest BCUT2D eigenvalue weighted by atomic mass is 10.1. The van der Waals surface area contributed by atoms with Crippen molar-refractivity contribution in [3.8, 4) is 5.75 Å². The van der Waals surface area contributed by atoms with Crippen molar-refractivity contribution < 1.29 is 13.2 Å².